The zero-order valence-corrected chi connectivity index (χ0v) is 20.3. The Morgan fingerprint density at radius 2 is 1.76 bits per heavy atom. The Hall–Kier alpha value is -2.87. The van der Waals surface area contributed by atoms with E-state index in [1.807, 2.05) is 6.20 Å². The van der Waals surface area contributed by atoms with Gasteiger partial charge in [0.05, 0.1) is 25.0 Å². The van der Waals surface area contributed by atoms with Crippen LogP contribution in [0.15, 0.2) is 24.5 Å². The Labute approximate surface area is 211 Å². The molecule has 0 spiro atoms. The normalized spacial score (nSPS) is 27.0. The lowest BCUT2D eigenvalue weighted by molar-refractivity contribution is -0.216. The van der Waals surface area contributed by atoms with Crippen molar-refractivity contribution in [1.29, 1.82) is 0 Å². The fourth-order valence-electron chi connectivity index (χ4n) is 5.34. The lowest BCUT2D eigenvalue weighted by atomic mass is 9.87. The molecule has 5 atom stereocenters. The van der Waals surface area contributed by atoms with Gasteiger partial charge in [-0.1, -0.05) is 29.7 Å². The largest absolute Gasteiger partial charge is 0.394 e. The monoisotopic (exact) mass is 522 g/mol. The fraction of sp³-hybridized carbons (Fsp3) is 0.583. The Morgan fingerprint density at radius 1 is 1.03 bits per heavy atom. The van der Waals surface area contributed by atoms with Gasteiger partial charge in [0.25, 0.3) is 0 Å². The minimum absolute atomic E-state index is 0.0220. The predicted molar refractivity (Wildman–Crippen MR) is 123 cm³/mol. The zero-order valence-electron chi connectivity index (χ0n) is 20.3. The highest BCUT2D eigenvalue weighted by Crippen LogP contribution is 2.34. The lowest BCUT2D eigenvalue weighted by Crippen LogP contribution is -2.57. The van der Waals surface area contributed by atoms with Gasteiger partial charge in [0.1, 0.15) is 36.2 Å². The smallest absolute Gasteiger partial charge is 0.194 e. The zero-order chi connectivity index (χ0) is 26.1. The fourth-order valence-corrected chi connectivity index (χ4v) is 5.34. The van der Waals surface area contributed by atoms with E-state index in [0.717, 1.165) is 30.7 Å². The number of ether oxygens (including phenoxy) is 2. The molecule has 37 heavy (non-hydrogen) atoms. The number of rotatable bonds is 7. The van der Waals surface area contributed by atoms with E-state index in [-0.39, 0.29) is 17.8 Å². The van der Waals surface area contributed by atoms with Gasteiger partial charge in [0.2, 0.25) is 0 Å². The summed E-state index contributed by atoms with van der Waals surface area (Å²) in [6.07, 6.45) is 5.40. The van der Waals surface area contributed by atoms with Crippen LogP contribution in [-0.4, -0.2) is 78.3 Å². The van der Waals surface area contributed by atoms with Crippen molar-refractivity contribution in [3.8, 4) is 11.3 Å². The van der Waals surface area contributed by atoms with Crippen molar-refractivity contribution in [2.75, 3.05) is 13.7 Å². The second-order valence-corrected chi connectivity index (χ2v) is 9.62. The van der Waals surface area contributed by atoms with E-state index < -0.39 is 54.5 Å². The Balaban J connectivity index is 1.40. The molecule has 10 nitrogen and oxygen atoms in total. The van der Waals surface area contributed by atoms with Crippen molar-refractivity contribution in [2.24, 2.45) is 0 Å². The maximum atomic E-state index is 13.8. The van der Waals surface area contributed by atoms with Gasteiger partial charge < -0.3 is 19.7 Å². The number of methoxy groups -OCH3 is 1. The van der Waals surface area contributed by atoms with E-state index in [0.29, 0.717) is 5.92 Å². The first-order valence-electron chi connectivity index (χ1n) is 12.3. The molecule has 1 saturated carbocycles. The van der Waals surface area contributed by atoms with Crippen molar-refractivity contribution in [3.63, 3.8) is 0 Å². The van der Waals surface area contributed by atoms with Crippen LogP contribution < -0.4 is 0 Å². The summed E-state index contributed by atoms with van der Waals surface area (Å²) in [5, 5.41) is 37.5. The molecule has 2 aromatic heterocycles. The van der Waals surface area contributed by atoms with E-state index >= 15 is 0 Å². The van der Waals surface area contributed by atoms with Crippen LogP contribution in [-0.2, 0) is 16.0 Å². The first kappa shape index (κ1) is 25.8. The third-order valence-corrected chi connectivity index (χ3v) is 7.28. The first-order valence-corrected chi connectivity index (χ1v) is 12.3. The van der Waals surface area contributed by atoms with Crippen molar-refractivity contribution in [2.45, 2.75) is 75.0 Å². The standard InChI is InChI=1S/C24H29F3N6O4/c1-36-24-19(11-32-9-17(28-30-32)13-5-3-2-4-6-13)37-20(12-34)23(35)22(24)33-10-18(29-31-33)14-7-15(25)21(27)16(26)8-14/h7-10,13,19-20,22-24,34-35H,2-6,11-12H2,1H3/t19-,20-,22+,23+,24+/m1/s1. The molecule has 0 radical (unpaired) electrons. The third-order valence-electron chi connectivity index (χ3n) is 7.28. The van der Waals surface area contributed by atoms with Crippen LogP contribution in [0.5, 0.6) is 0 Å². The molecule has 2 fully saturated rings. The number of halogens is 3. The molecule has 13 heteroatoms. The van der Waals surface area contributed by atoms with E-state index in [1.54, 1.807) is 4.68 Å². The van der Waals surface area contributed by atoms with E-state index in [4.69, 9.17) is 9.47 Å². The van der Waals surface area contributed by atoms with Crippen molar-refractivity contribution >= 4 is 0 Å². The molecule has 0 amide bonds. The van der Waals surface area contributed by atoms with Gasteiger partial charge >= 0.3 is 0 Å². The average Bonchev–Trinajstić information content (AvgIpc) is 3.58. The van der Waals surface area contributed by atoms with Crippen LogP contribution in [0.3, 0.4) is 0 Å². The Bertz CT molecular complexity index is 1190. The summed E-state index contributed by atoms with van der Waals surface area (Å²) in [7, 11) is 1.46. The van der Waals surface area contributed by atoms with Crippen LogP contribution in [0.1, 0.15) is 49.8 Å². The Morgan fingerprint density at radius 3 is 2.43 bits per heavy atom. The number of aliphatic hydroxyl groups excluding tert-OH is 2. The number of nitrogens with zero attached hydrogens (tertiary/aromatic N) is 6. The minimum Gasteiger partial charge on any atom is -0.394 e. The van der Waals surface area contributed by atoms with Gasteiger partial charge in [-0.3, -0.25) is 0 Å². The first-order chi connectivity index (χ1) is 17.9. The number of benzene rings is 1. The van der Waals surface area contributed by atoms with E-state index in [9.17, 15) is 23.4 Å². The second kappa shape index (κ2) is 10.9. The maximum absolute atomic E-state index is 13.8. The van der Waals surface area contributed by atoms with Crippen LogP contribution >= 0.6 is 0 Å². The molecule has 2 aliphatic rings. The number of aromatic nitrogens is 6. The molecular weight excluding hydrogens is 493 g/mol. The SMILES string of the molecule is CO[C@@H]1[C@@H](n2cc(-c3cc(F)c(F)c(F)c3)nn2)[C@@H](O)[C@@H](CO)O[C@@H]1Cn1cc(C2CCCCC2)nn1. The molecule has 3 aromatic rings. The Kier molecular flexibility index (Phi) is 7.56. The quantitative estimate of drug-likeness (QED) is 0.454. The molecule has 1 aromatic carbocycles. The molecule has 1 aliphatic carbocycles. The third kappa shape index (κ3) is 5.13. The van der Waals surface area contributed by atoms with Crippen LogP contribution in [0.25, 0.3) is 11.3 Å². The summed E-state index contributed by atoms with van der Waals surface area (Å²) in [5.74, 6) is -3.91. The van der Waals surface area contributed by atoms with Crippen molar-refractivity contribution < 1.29 is 32.9 Å². The topological polar surface area (TPSA) is 120 Å². The highest BCUT2D eigenvalue weighted by molar-refractivity contribution is 5.57. The highest BCUT2D eigenvalue weighted by atomic mass is 19.2. The predicted octanol–water partition coefficient (Wildman–Crippen LogP) is 2.38. The molecule has 0 bridgehead atoms. The van der Waals surface area contributed by atoms with E-state index in [2.05, 4.69) is 20.6 Å². The maximum Gasteiger partial charge on any atom is 0.194 e. The summed E-state index contributed by atoms with van der Waals surface area (Å²) in [6.45, 7) is -0.223. The van der Waals surface area contributed by atoms with Gasteiger partial charge in [-0.05, 0) is 25.0 Å². The molecule has 200 valence electrons. The molecule has 0 unspecified atom stereocenters. The summed E-state index contributed by atoms with van der Waals surface area (Å²) in [5.41, 5.74) is 0.975. The molecule has 1 aliphatic heterocycles. The summed E-state index contributed by atoms with van der Waals surface area (Å²) < 4.78 is 55.6. The number of hydrogen-bond acceptors (Lipinski definition) is 8. The summed E-state index contributed by atoms with van der Waals surface area (Å²) in [6, 6.07) is 0.766. The second-order valence-electron chi connectivity index (χ2n) is 9.62. The average molecular weight is 523 g/mol. The van der Waals surface area contributed by atoms with Crippen molar-refractivity contribution in [3.05, 3.63) is 47.7 Å². The summed E-state index contributed by atoms with van der Waals surface area (Å²) in [4.78, 5) is 0. The van der Waals surface area contributed by atoms with Gasteiger partial charge in [0, 0.05) is 24.8 Å². The summed E-state index contributed by atoms with van der Waals surface area (Å²) >= 11 is 0. The molecule has 5 rings (SSSR count). The van der Waals surface area contributed by atoms with Crippen LogP contribution in [0, 0.1) is 17.5 Å². The van der Waals surface area contributed by atoms with Gasteiger partial charge in [0.15, 0.2) is 17.5 Å². The molecular formula is C24H29F3N6O4. The van der Waals surface area contributed by atoms with Crippen LogP contribution in [0.2, 0.25) is 0 Å². The van der Waals surface area contributed by atoms with E-state index in [1.165, 1.54) is 37.3 Å². The molecule has 1 saturated heterocycles. The minimum atomic E-state index is -1.58. The van der Waals surface area contributed by atoms with Gasteiger partial charge in [-0.15, -0.1) is 10.2 Å². The number of hydrogen-bond donors (Lipinski definition) is 2. The molecule has 3 heterocycles. The van der Waals surface area contributed by atoms with Gasteiger partial charge in [-0.2, -0.15) is 0 Å². The molecule has 2 N–H and O–H groups in total. The lowest BCUT2D eigenvalue weighted by Gasteiger charge is -2.43. The van der Waals surface area contributed by atoms with Gasteiger partial charge in [-0.25, -0.2) is 22.5 Å². The van der Waals surface area contributed by atoms with Crippen molar-refractivity contribution in [1.82, 2.24) is 30.0 Å². The highest BCUT2D eigenvalue weighted by Gasteiger charge is 2.47. The van der Waals surface area contributed by atoms with Crippen LogP contribution in [0.4, 0.5) is 13.2 Å². The number of aliphatic hydroxyl groups is 2.